The van der Waals surface area contributed by atoms with Crippen molar-refractivity contribution < 1.29 is 14.4 Å². The summed E-state index contributed by atoms with van der Waals surface area (Å²) < 4.78 is 0. The standard InChI is InChI=1S/C25H30N4O3/c1-6-7-16-29-24(31)22(23(30)26-25(29)32)21(17-8-12-19(13-9-17)27(2)3)18-10-14-20(15-11-18)28(4)5/h8-15H,6-7,16H2,1-5H3,(H,26,30,32). The molecule has 0 atom stereocenters. The van der Waals surface area contributed by atoms with E-state index in [1.165, 1.54) is 0 Å². The zero-order valence-corrected chi connectivity index (χ0v) is 19.3. The normalized spacial score (nSPS) is 13.8. The Labute approximate surface area is 189 Å². The lowest BCUT2D eigenvalue weighted by Gasteiger charge is -2.28. The monoisotopic (exact) mass is 434 g/mol. The summed E-state index contributed by atoms with van der Waals surface area (Å²) in [6, 6.07) is 14.7. The van der Waals surface area contributed by atoms with Gasteiger partial charge in [-0.1, -0.05) is 37.6 Å². The first-order chi connectivity index (χ1) is 15.2. The highest BCUT2D eigenvalue weighted by Crippen LogP contribution is 2.32. The van der Waals surface area contributed by atoms with E-state index in [4.69, 9.17) is 0 Å². The van der Waals surface area contributed by atoms with Crippen molar-refractivity contribution in [3.05, 3.63) is 65.2 Å². The van der Waals surface area contributed by atoms with Gasteiger partial charge >= 0.3 is 6.03 Å². The molecule has 0 bridgehead atoms. The van der Waals surface area contributed by atoms with Crippen LogP contribution in [0.4, 0.5) is 16.2 Å². The van der Waals surface area contributed by atoms with Crippen molar-refractivity contribution in [1.82, 2.24) is 10.2 Å². The molecule has 1 aliphatic heterocycles. The zero-order valence-electron chi connectivity index (χ0n) is 19.3. The molecule has 0 saturated carbocycles. The van der Waals surface area contributed by atoms with Crippen LogP contribution in [-0.4, -0.2) is 57.5 Å². The van der Waals surface area contributed by atoms with Crippen LogP contribution in [0.15, 0.2) is 54.1 Å². The summed E-state index contributed by atoms with van der Waals surface area (Å²) in [7, 11) is 7.79. The largest absolute Gasteiger partial charge is 0.378 e. The van der Waals surface area contributed by atoms with E-state index < -0.39 is 17.8 Å². The number of rotatable bonds is 7. The first-order valence-corrected chi connectivity index (χ1v) is 10.7. The predicted octanol–water partition coefficient (Wildman–Crippen LogP) is 3.50. The number of imide groups is 2. The molecule has 168 valence electrons. The summed E-state index contributed by atoms with van der Waals surface area (Å²) in [6.45, 7) is 2.25. The average molecular weight is 435 g/mol. The van der Waals surface area contributed by atoms with E-state index in [2.05, 4.69) is 5.32 Å². The molecule has 2 aromatic carbocycles. The van der Waals surface area contributed by atoms with Crippen LogP contribution in [0.5, 0.6) is 0 Å². The molecule has 1 N–H and O–H groups in total. The van der Waals surface area contributed by atoms with Crippen LogP contribution in [0.1, 0.15) is 30.9 Å². The smallest absolute Gasteiger partial charge is 0.331 e. The fourth-order valence-corrected chi connectivity index (χ4v) is 3.60. The van der Waals surface area contributed by atoms with Gasteiger partial charge in [0.1, 0.15) is 5.57 Å². The van der Waals surface area contributed by atoms with E-state index in [1.807, 2.05) is 93.4 Å². The van der Waals surface area contributed by atoms with Gasteiger partial charge in [-0.15, -0.1) is 0 Å². The third kappa shape index (κ3) is 4.66. The van der Waals surface area contributed by atoms with Gasteiger partial charge in [0.2, 0.25) is 0 Å². The Morgan fingerprint density at radius 3 is 1.69 bits per heavy atom. The number of unbranched alkanes of at least 4 members (excludes halogenated alkanes) is 1. The molecule has 7 nitrogen and oxygen atoms in total. The molecule has 3 rings (SSSR count). The molecule has 4 amide bonds. The topological polar surface area (TPSA) is 73.0 Å². The number of anilines is 2. The molecule has 0 radical (unpaired) electrons. The minimum absolute atomic E-state index is 0.0177. The lowest BCUT2D eigenvalue weighted by Crippen LogP contribution is -2.54. The van der Waals surface area contributed by atoms with Crippen LogP contribution in [0.2, 0.25) is 0 Å². The molecule has 1 heterocycles. The molecule has 1 fully saturated rings. The van der Waals surface area contributed by atoms with Gasteiger partial charge in [0.05, 0.1) is 0 Å². The Balaban J connectivity index is 2.19. The Morgan fingerprint density at radius 2 is 1.28 bits per heavy atom. The molecule has 0 spiro atoms. The Morgan fingerprint density at radius 1 is 0.812 bits per heavy atom. The number of amides is 4. The quantitative estimate of drug-likeness (QED) is 0.533. The maximum Gasteiger partial charge on any atom is 0.331 e. The number of nitrogens with one attached hydrogen (secondary N) is 1. The minimum Gasteiger partial charge on any atom is -0.378 e. The number of carbonyl (C=O) groups excluding carboxylic acids is 3. The van der Waals surface area contributed by atoms with Crippen molar-refractivity contribution in [3.8, 4) is 0 Å². The lowest BCUT2D eigenvalue weighted by atomic mass is 9.90. The maximum atomic E-state index is 13.4. The summed E-state index contributed by atoms with van der Waals surface area (Å²) in [5, 5.41) is 2.35. The first-order valence-electron chi connectivity index (χ1n) is 10.7. The van der Waals surface area contributed by atoms with Gasteiger partial charge in [0, 0.05) is 51.7 Å². The fraction of sp³-hybridized carbons (Fsp3) is 0.320. The van der Waals surface area contributed by atoms with E-state index in [1.54, 1.807) is 0 Å². The van der Waals surface area contributed by atoms with Gasteiger partial charge in [-0.2, -0.15) is 0 Å². The van der Waals surface area contributed by atoms with Crippen molar-refractivity contribution >= 4 is 34.8 Å². The molecule has 32 heavy (non-hydrogen) atoms. The zero-order chi connectivity index (χ0) is 23.4. The van der Waals surface area contributed by atoms with E-state index in [-0.39, 0.29) is 12.1 Å². The summed E-state index contributed by atoms with van der Waals surface area (Å²) in [4.78, 5) is 43.7. The molecular formula is C25H30N4O3. The molecule has 0 unspecified atom stereocenters. The summed E-state index contributed by atoms with van der Waals surface area (Å²) in [6.07, 6.45) is 1.50. The van der Waals surface area contributed by atoms with Crippen LogP contribution in [0.3, 0.4) is 0 Å². The molecule has 0 aliphatic carbocycles. The van der Waals surface area contributed by atoms with Crippen molar-refractivity contribution in [1.29, 1.82) is 0 Å². The highest BCUT2D eigenvalue weighted by Gasteiger charge is 2.38. The van der Waals surface area contributed by atoms with Gasteiger partial charge in [-0.05, 0) is 41.8 Å². The van der Waals surface area contributed by atoms with Gasteiger partial charge in [-0.25, -0.2) is 4.79 Å². The average Bonchev–Trinajstić information content (AvgIpc) is 2.76. The van der Waals surface area contributed by atoms with Crippen LogP contribution in [0, 0.1) is 0 Å². The van der Waals surface area contributed by atoms with E-state index in [0.29, 0.717) is 12.0 Å². The van der Waals surface area contributed by atoms with Gasteiger partial charge in [0.25, 0.3) is 11.8 Å². The van der Waals surface area contributed by atoms with Crippen LogP contribution < -0.4 is 15.1 Å². The molecule has 7 heteroatoms. The molecule has 2 aromatic rings. The number of carbonyl (C=O) groups is 3. The highest BCUT2D eigenvalue weighted by molar-refractivity contribution is 6.33. The Bertz CT molecular complexity index is 984. The minimum atomic E-state index is -0.670. The van der Waals surface area contributed by atoms with E-state index >= 15 is 0 Å². The van der Waals surface area contributed by atoms with Crippen LogP contribution >= 0.6 is 0 Å². The van der Waals surface area contributed by atoms with Crippen molar-refractivity contribution in [3.63, 3.8) is 0 Å². The number of nitrogens with zero attached hydrogens (tertiary/aromatic N) is 3. The fourth-order valence-electron chi connectivity index (χ4n) is 3.60. The Hall–Kier alpha value is -3.61. The Kier molecular flexibility index (Phi) is 6.98. The second-order valence-electron chi connectivity index (χ2n) is 8.20. The molecule has 1 aliphatic rings. The third-order valence-electron chi connectivity index (χ3n) is 5.48. The number of hydrogen-bond acceptors (Lipinski definition) is 5. The van der Waals surface area contributed by atoms with E-state index in [0.717, 1.165) is 33.8 Å². The molecule has 0 aromatic heterocycles. The lowest BCUT2D eigenvalue weighted by molar-refractivity contribution is -0.130. The van der Waals surface area contributed by atoms with Gasteiger partial charge in [0.15, 0.2) is 0 Å². The van der Waals surface area contributed by atoms with Crippen LogP contribution in [-0.2, 0) is 9.59 Å². The SMILES string of the molecule is CCCCN1C(=O)NC(=O)C(=C(c2ccc(N(C)C)cc2)c2ccc(N(C)C)cc2)C1=O. The maximum absolute atomic E-state index is 13.4. The number of benzene rings is 2. The highest BCUT2D eigenvalue weighted by atomic mass is 16.2. The van der Waals surface area contributed by atoms with Gasteiger partial charge < -0.3 is 9.80 Å². The van der Waals surface area contributed by atoms with Crippen molar-refractivity contribution in [2.45, 2.75) is 19.8 Å². The summed E-state index contributed by atoms with van der Waals surface area (Å²) in [5.74, 6) is -1.23. The summed E-state index contributed by atoms with van der Waals surface area (Å²) >= 11 is 0. The summed E-state index contributed by atoms with van der Waals surface area (Å²) in [5.41, 5.74) is 3.96. The number of hydrogen-bond donors (Lipinski definition) is 1. The van der Waals surface area contributed by atoms with Gasteiger partial charge in [-0.3, -0.25) is 19.8 Å². The third-order valence-corrected chi connectivity index (χ3v) is 5.48. The van der Waals surface area contributed by atoms with E-state index in [9.17, 15) is 14.4 Å². The van der Waals surface area contributed by atoms with Crippen LogP contribution in [0.25, 0.3) is 5.57 Å². The number of barbiturate groups is 1. The molecular weight excluding hydrogens is 404 g/mol. The predicted molar refractivity (Wildman–Crippen MR) is 128 cm³/mol. The first kappa shape index (κ1) is 23.1. The second kappa shape index (κ2) is 9.68. The molecule has 1 saturated heterocycles. The van der Waals surface area contributed by atoms with Crippen molar-refractivity contribution in [2.24, 2.45) is 0 Å². The second-order valence-corrected chi connectivity index (χ2v) is 8.20. The number of urea groups is 1. The van der Waals surface area contributed by atoms with Crippen molar-refractivity contribution in [2.75, 3.05) is 44.5 Å².